The monoisotopic (exact) mass is 405 g/mol. The number of nitrogens with two attached hydrogens (primary N) is 1. The Morgan fingerprint density at radius 1 is 1.43 bits per heavy atom. The van der Waals surface area contributed by atoms with Crippen LogP contribution in [0.2, 0.25) is 0 Å². The fourth-order valence-corrected chi connectivity index (χ4v) is 4.03. The van der Waals surface area contributed by atoms with Gasteiger partial charge in [-0.25, -0.2) is 0 Å². The van der Waals surface area contributed by atoms with Crippen LogP contribution in [0.3, 0.4) is 0 Å². The molecule has 2 aromatic rings. The molecule has 0 radical (unpaired) electrons. The molecule has 3 heterocycles. The number of nitrogens with one attached hydrogen (secondary N) is 3. The van der Waals surface area contributed by atoms with E-state index < -0.39 is 5.97 Å². The number of amides is 1. The Bertz CT molecular complexity index is 923. The summed E-state index contributed by atoms with van der Waals surface area (Å²) in [7, 11) is 0. The van der Waals surface area contributed by atoms with Gasteiger partial charge in [0.15, 0.2) is 0 Å². The van der Waals surface area contributed by atoms with Crippen molar-refractivity contribution in [1.82, 2.24) is 15.3 Å². The molecular weight excluding hydrogens is 382 g/mol. The number of aromatic nitrogens is 2. The first-order chi connectivity index (χ1) is 13.5. The van der Waals surface area contributed by atoms with Crippen molar-refractivity contribution in [1.29, 1.82) is 0 Å². The van der Waals surface area contributed by atoms with E-state index in [-0.39, 0.29) is 30.6 Å². The number of aryl methyl sites for hydroxylation is 1. The first-order valence-corrected chi connectivity index (χ1v) is 9.93. The number of nitrogen functional groups attached to an aromatic ring is 1. The number of hydrogen-bond acceptors (Lipinski definition) is 8. The number of H-pyrrole nitrogens is 1. The van der Waals surface area contributed by atoms with E-state index in [2.05, 4.69) is 20.6 Å². The van der Waals surface area contributed by atoms with Crippen LogP contribution < -0.4 is 21.9 Å². The third-order valence-corrected chi connectivity index (χ3v) is 5.61. The predicted molar refractivity (Wildman–Crippen MR) is 107 cm³/mol. The summed E-state index contributed by atoms with van der Waals surface area (Å²) in [6.45, 7) is 2.59. The highest BCUT2D eigenvalue weighted by Gasteiger charge is 2.22. The largest absolute Gasteiger partial charge is 0.465 e. The van der Waals surface area contributed by atoms with Crippen LogP contribution >= 0.6 is 11.3 Å². The maximum Gasteiger partial charge on any atom is 0.325 e. The van der Waals surface area contributed by atoms with Gasteiger partial charge < -0.3 is 21.1 Å². The summed E-state index contributed by atoms with van der Waals surface area (Å²) < 4.78 is 4.79. The van der Waals surface area contributed by atoms with Crippen molar-refractivity contribution in [3.63, 3.8) is 0 Å². The zero-order valence-corrected chi connectivity index (χ0v) is 16.4. The molecule has 0 aromatic carbocycles. The quantitative estimate of drug-likeness (QED) is 0.502. The maximum absolute atomic E-state index is 12.1. The smallest absolute Gasteiger partial charge is 0.325 e. The number of ether oxygens (including phenoxy) is 1. The summed E-state index contributed by atoms with van der Waals surface area (Å²) in [6.07, 6.45) is 2.32. The van der Waals surface area contributed by atoms with Crippen LogP contribution in [0.25, 0.3) is 0 Å². The fourth-order valence-electron chi connectivity index (χ4n) is 3.09. The summed E-state index contributed by atoms with van der Waals surface area (Å²) in [5.41, 5.74) is 6.01. The molecule has 1 unspecified atom stereocenters. The van der Waals surface area contributed by atoms with E-state index in [0.717, 1.165) is 24.3 Å². The molecule has 0 fully saturated rings. The van der Waals surface area contributed by atoms with Crippen LogP contribution in [0, 0.1) is 5.92 Å². The van der Waals surface area contributed by atoms with Crippen molar-refractivity contribution in [2.75, 3.05) is 30.7 Å². The molecule has 2 aromatic heterocycles. The Balaban J connectivity index is 1.51. The molecule has 3 rings (SSSR count). The van der Waals surface area contributed by atoms with E-state index in [1.165, 1.54) is 11.3 Å². The minimum absolute atomic E-state index is 0.113. The number of thiophene rings is 1. The van der Waals surface area contributed by atoms with Gasteiger partial charge in [-0.2, -0.15) is 4.98 Å². The van der Waals surface area contributed by atoms with E-state index in [4.69, 9.17) is 10.5 Å². The standard InChI is InChI=1S/C18H23N5O4S/c1-2-27-14(24)9-21-17(26)13-6-5-11(28-13)4-3-10-7-12-15(20-8-10)22-18(19)23-16(12)25/h5-6,10H,2-4,7-9H2,1H3,(H,21,26)(H4,19,20,22,23,25). The lowest BCUT2D eigenvalue weighted by molar-refractivity contribution is -0.141. The number of esters is 1. The third kappa shape index (κ3) is 4.89. The molecule has 0 spiro atoms. The number of nitrogens with zero attached hydrogens (tertiary/aromatic N) is 1. The van der Waals surface area contributed by atoms with Crippen molar-refractivity contribution in [3.8, 4) is 0 Å². The topological polar surface area (TPSA) is 139 Å². The van der Waals surface area contributed by atoms with Gasteiger partial charge in [-0.3, -0.25) is 19.4 Å². The van der Waals surface area contributed by atoms with Gasteiger partial charge in [0.25, 0.3) is 11.5 Å². The Hall–Kier alpha value is -2.88. The number of carbonyl (C=O) groups excluding carboxylic acids is 2. The highest BCUT2D eigenvalue weighted by molar-refractivity contribution is 7.14. The highest BCUT2D eigenvalue weighted by Crippen LogP contribution is 2.25. The highest BCUT2D eigenvalue weighted by atomic mass is 32.1. The molecule has 150 valence electrons. The minimum atomic E-state index is -0.455. The summed E-state index contributed by atoms with van der Waals surface area (Å²) in [4.78, 5) is 43.8. The van der Waals surface area contributed by atoms with Crippen LogP contribution in [0.1, 0.15) is 33.5 Å². The van der Waals surface area contributed by atoms with Crippen LogP contribution in [0.15, 0.2) is 16.9 Å². The van der Waals surface area contributed by atoms with Gasteiger partial charge in [-0.1, -0.05) is 0 Å². The molecular formula is C18H23N5O4S. The number of anilines is 2. The lowest BCUT2D eigenvalue weighted by atomic mass is 9.92. The Morgan fingerprint density at radius 3 is 3.04 bits per heavy atom. The number of rotatable bonds is 7. The van der Waals surface area contributed by atoms with Crippen LogP contribution in [-0.2, 0) is 22.4 Å². The van der Waals surface area contributed by atoms with E-state index in [0.29, 0.717) is 28.6 Å². The van der Waals surface area contributed by atoms with E-state index in [1.807, 2.05) is 6.07 Å². The molecule has 0 bridgehead atoms. The number of carbonyl (C=O) groups is 2. The van der Waals surface area contributed by atoms with Crippen molar-refractivity contribution in [3.05, 3.63) is 37.8 Å². The summed E-state index contributed by atoms with van der Waals surface area (Å²) in [5, 5.41) is 5.73. The Kier molecular flexibility index (Phi) is 6.30. The molecule has 0 saturated carbocycles. The van der Waals surface area contributed by atoms with Gasteiger partial charge in [-0.05, 0) is 44.2 Å². The zero-order chi connectivity index (χ0) is 20.1. The van der Waals surface area contributed by atoms with Gasteiger partial charge in [0.1, 0.15) is 12.4 Å². The van der Waals surface area contributed by atoms with Crippen molar-refractivity contribution < 1.29 is 14.3 Å². The number of aromatic amines is 1. The summed E-state index contributed by atoms with van der Waals surface area (Å²) in [5.74, 6) is 0.232. The fraction of sp³-hybridized carbons (Fsp3) is 0.444. The van der Waals surface area contributed by atoms with E-state index >= 15 is 0 Å². The first-order valence-electron chi connectivity index (χ1n) is 9.11. The van der Waals surface area contributed by atoms with Gasteiger partial charge >= 0.3 is 5.97 Å². The Labute approximate surface area is 165 Å². The molecule has 5 N–H and O–H groups in total. The molecule has 1 aliphatic rings. The van der Waals surface area contributed by atoms with Crippen LogP contribution in [-0.4, -0.2) is 41.5 Å². The maximum atomic E-state index is 12.1. The predicted octanol–water partition coefficient (Wildman–Crippen LogP) is 0.923. The molecule has 10 heteroatoms. The molecule has 1 atom stereocenters. The average Bonchev–Trinajstić information content (AvgIpc) is 3.14. The summed E-state index contributed by atoms with van der Waals surface area (Å²) >= 11 is 1.40. The lowest BCUT2D eigenvalue weighted by Gasteiger charge is -2.24. The van der Waals surface area contributed by atoms with E-state index in [1.54, 1.807) is 13.0 Å². The normalized spacial score (nSPS) is 15.4. The van der Waals surface area contributed by atoms with Crippen LogP contribution in [0.5, 0.6) is 0 Å². The van der Waals surface area contributed by atoms with Gasteiger partial charge in [-0.15, -0.1) is 11.3 Å². The van der Waals surface area contributed by atoms with Crippen molar-refractivity contribution >= 4 is 35.0 Å². The molecule has 9 nitrogen and oxygen atoms in total. The number of fused-ring (bicyclic) bond motifs is 1. The third-order valence-electron chi connectivity index (χ3n) is 4.47. The molecule has 0 saturated heterocycles. The Morgan fingerprint density at radius 2 is 2.25 bits per heavy atom. The molecule has 1 amide bonds. The van der Waals surface area contributed by atoms with Crippen molar-refractivity contribution in [2.24, 2.45) is 5.92 Å². The first kappa shape index (κ1) is 19.9. The molecule has 1 aliphatic heterocycles. The molecule has 28 heavy (non-hydrogen) atoms. The van der Waals surface area contributed by atoms with Crippen LogP contribution in [0.4, 0.5) is 11.8 Å². The average molecular weight is 405 g/mol. The second-order valence-electron chi connectivity index (χ2n) is 6.52. The van der Waals surface area contributed by atoms with Gasteiger partial charge in [0.05, 0.1) is 17.0 Å². The van der Waals surface area contributed by atoms with E-state index in [9.17, 15) is 14.4 Å². The van der Waals surface area contributed by atoms with Crippen molar-refractivity contribution in [2.45, 2.75) is 26.2 Å². The SMILES string of the molecule is CCOC(=O)CNC(=O)c1ccc(CCC2CNc3nc(N)[nH]c(=O)c3C2)s1. The zero-order valence-electron chi connectivity index (χ0n) is 15.5. The van der Waals surface area contributed by atoms with Gasteiger partial charge in [0.2, 0.25) is 5.95 Å². The summed E-state index contributed by atoms with van der Waals surface area (Å²) in [6, 6.07) is 3.68. The second-order valence-corrected chi connectivity index (χ2v) is 7.69. The molecule has 0 aliphatic carbocycles. The minimum Gasteiger partial charge on any atom is -0.465 e. The second kappa shape index (κ2) is 8.87. The number of hydrogen-bond donors (Lipinski definition) is 4. The van der Waals surface area contributed by atoms with Gasteiger partial charge in [0, 0.05) is 11.4 Å². The lowest BCUT2D eigenvalue weighted by Crippen LogP contribution is -2.30.